The molecule has 0 radical (unpaired) electrons. The van der Waals surface area contributed by atoms with E-state index in [4.69, 9.17) is 0 Å². The second-order valence-corrected chi connectivity index (χ2v) is 6.67. The molecule has 1 saturated carbocycles. The standard InChI is InChI=1S/C15H30/c1-7-8-13-10-14(9-12(13)4)15(5,6)11(2)3/h11-14H,7-10H2,1-6H3. The van der Waals surface area contributed by atoms with Crippen molar-refractivity contribution in [2.24, 2.45) is 29.1 Å². The molecule has 0 N–H and O–H groups in total. The fraction of sp³-hybridized carbons (Fsp3) is 1.00. The summed E-state index contributed by atoms with van der Waals surface area (Å²) in [6.07, 6.45) is 5.77. The van der Waals surface area contributed by atoms with E-state index in [1.807, 2.05) is 0 Å². The lowest BCUT2D eigenvalue weighted by atomic mass is 9.69. The third-order valence-corrected chi connectivity index (χ3v) is 5.25. The molecule has 1 aliphatic carbocycles. The fourth-order valence-electron chi connectivity index (χ4n) is 3.19. The van der Waals surface area contributed by atoms with E-state index in [1.165, 1.54) is 25.7 Å². The average molecular weight is 210 g/mol. The van der Waals surface area contributed by atoms with Crippen molar-refractivity contribution in [1.29, 1.82) is 0 Å². The smallest absolute Gasteiger partial charge is 0.0303 e. The zero-order valence-electron chi connectivity index (χ0n) is 11.6. The Labute approximate surface area is 96.8 Å². The van der Waals surface area contributed by atoms with Crippen LogP contribution in [0.25, 0.3) is 0 Å². The van der Waals surface area contributed by atoms with Gasteiger partial charge in [-0.05, 0) is 41.9 Å². The van der Waals surface area contributed by atoms with Crippen LogP contribution in [0.1, 0.15) is 67.2 Å². The van der Waals surface area contributed by atoms with Crippen LogP contribution in [0.5, 0.6) is 0 Å². The Morgan fingerprint density at radius 1 is 1.20 bits per heavy atom. The Balaban J connectivity index is 2.61. The summed E-state index contributed by atoms with van der Waals surface area (Å²) >= 11 is 0. The minimum Gasteiger partial charge on any atom is -0.0654 e. The van der Waals surface area contributed by atoms with Gasteiger partial charge in [0.2, 0.25) is 0 Å². The van der Waals surface area contributed by atoms with Crippen molar-refractivity contribution < 1.29 is 0 Å². The highest BCUT2D eigenvalue weighted by Gasteiger charge is 2.40. The van der Waals surface area contributed by atoms with E-state index in [-0.39, 0.29) is 0 Å². The zero-order valence-corrected chi connectivity index (χ0v) is 11.6. The molecule has 90 valence electrons. The van der Waals surface area contributed by atoms with Gasteiger partial charge in [0.1, 0.15) is 0 Å². The third-order valence-electron chi connectivity index (χ3n) is 5.25. The van der Waals surface area contributed by atoms with E-state index >= 15 is 0 Å². The molecule has 15 heavy (non-hydrogen) atoms. The Morgan fingerprint density at radius 2 is 1.80 bits per heavy atom. The topological polar surface area (TPSA) is 0 Å². The van der Waals surface area contributed by atoms with Crippen LogP contribution in [0.3, 0.4) is 0 Å². The maximum atomic E-state index is 2.48. The van der Waals surface area contributed by atoms with E-state index in [1.54, 1.807) is 0 Å². The van der Waals surface area contributed by atoms with Gasteiger partial charge in [-0.3, -0.25) is 0 Å². The lowest BCUT2D eigenvalue weighted by Crippen LogP contribution is -2.28. The van der Waals surface area contributed by atoms with E-state index in [9.17, 15) is 0 Å². The highest BCUT2D eigenvalue weighted by molar-refractivity contribution is 4.90. The Kier molecular flexibility index (Phi) is 4.26. The van der Waals surface area contributed by atoms with Gasteiger partial charge in [-0.2, -0.15) is 0 Å². The molecule has 0 aromatic rings. The van der Waals surface area contributed by atoms with Gasteiger partial charge in [-0.25, -0.2) is 0 Å². The summed E-state index contributed by atoms with van der Waals surface area (Å²) < 4.78 is 0. The molecule has 0 spiro atoms. The molecule has 0 aliphatic heterocycles. The van der Waals surface area contributed by atoms with Crippen molar-refractivity contribution in [1.82, 2.24) is 0 Å². The predicted octanol–water partition coefficient (Wildman–Crippen LogP) is 5.13. The van der Waals surface area contributed by atoms with Gasteiger partial charge in [0.15, 0.2) is 0 Å². The average Bonchev–Trinajstić information content (AvgIpc) is 2.49. The van der Waals surface area contributed by atoms with E-state index < -0.39 is 0 Å². The number of rotatable bonds is 4. The largest absolute Gasteiger partial charge is 0.0654 e. The van der Waals surface area contributed by atoms with Gasteiger partial charge in [-0.1, -0.05) is 54.4 Å². The Morgan fingerprint density at radius 3 is 2.27 bits per heavy atom. The lowest BCUT2D eigenvalue weighted by molar-refractivity contribution is 0.136. The van der Waals surface area contributed by atoms with Gasteiger partial charge < -0.3 is 0 Å². The molecule has 0 aromatic heterocycles. The number of hydrogen-bond acceptors (Lipinski definition) is 0. The van der Waals surface area contributed by atoms with E-state index in [0.717, 1.165) is 23.7 Å². The molecule has 0 aromatic carbocycles. The summed E-state index contributed by atoms with van der Waals surface area (Å²) in [7, 11) is 0. The molecule has 0 bridgehead atoms. The third kappa shape index (κ3) is 2.77. The first-order valence-electron chi connectivity index (χ1n) is 6.89. The molecular weight excluding hydrogens is 180 g/mol. The quantitative estimate of drug-likeness (QED) is 0.603. The first kappa shape index (κ1) is 13.1. The van der Waals surface area contributed by atoms with Crippen LogP contribution in [-0.4, -0.2) is 0 Å². The predicted molar refractivity (Wildman–Crippen MR) is 68.9 cm³/mol. The van der Waals surface area contributed by atoms with Crippen molar-refractivity contribution in [3.05, 3.63) is 0 Å². The normalized spacial score (nSPS) is 32.6. The molecule has 0 saturated heterocycles. The summed E-state index contributed by atoms with van der Waals surface area (Å²) in [6, 6.07) is 0. The van der Waals surface area contributed by atoms with Crippen LogP contribution in [0.4, 0.5) is 0 Å². The van der Waals surface area contributed by atoms with Crippen LogP contribution in [0.15, 0.2) is 0 Å². The Hall–Kier alpha value is 0. The SMILES string of the molecule is CCCC1CC(C(C)(C)C(C)C)CC1C. The summed E-state index contributed by atoms with van der Waals surface area (Å²) in [5.41, 5.74) is 0.538. The van der Waals surface area contributed by atoms with Crippen molar-refractivity contribution in [3.8, 4) is 0 Å². The number of hydrogen-bond donors (Lipinski definition) is 0. The van der Waals surface area contributed by atoms with Gasteiger partial charge in [-0.15, -0.1) is 0 Å². The first-order valence-corrected chi connectivity index (χ1v) is 6.89. The first-order chi connectivity index (χ1) is 6.89. The summed E-state index contributed by atoms with van der Waals surface area (Å²) in [4.78, 5) is 0. The van der Waals surface area contributed by atoms with Crippen molar-refractivity contribution in [3.63, 3.8) is 0 Å². The van der Waals surface area contributed by atoms with Crippen LogP contribution < -0.4 is 0 Å². The minimum absolute atomic E-state index is 0.538. The Bertz CT molecular complexity index is 190. The molecule has 1 rings (SSSR count). The summed E-state index contributed by atoms with van der Waals surface area (Å²) in [5, 5.41) is 0. The fourth-order valence-corrected chi connectivity index (χ4v) is 3.19. The van der Waals surface area contributed by atoms with Gasteiger partial charge in [0, 0.05) is 0 Å². The molecule has 3 unspecified atom stereocenters. The molecule has 1 aliphatic rings. The maximum absolute atomic E-state index is 2.48. The summed E-state index contributed by atoms with van der Waals surface area (Å²) in [5.74, 6) is 3.75. The molecular formula is C15H30. The molecule has 0 amide bonds. The second-order valence-electron chi connectivity index (χ2n) is 6.67. The molecule has 0 heteroatoms. The highest BCUT2D eigenvalue weighted by Crippen LogP contribution is 2.49. The van der Waals surface area contributed by atoms with Crippen molar-refractivity contribution in [2.75, 3.05) is 0 Å². The molecule has 0 heterocycles. The molecule has 0 nitrogen and oxygen atoms in total. The van der Waals surface area contributed by atoms with Crippen LogP contribution >= 0.6 is 0 Å². The van der Waals surface area contributed by atoms with Gasteiger partial charge in [0.25, 0.3) is 0 Å². The maximum Gasteiger partial charge on any atom is -0.0303 e. The minimum atomic E-state index is 0.538. The zero-order chi connectivity index (χ0) is 11.6. The van der Waals surface area contributed by atoms with E-state index in [0.29, 0.717) is 5.41 Å². The monoisotopic (exact) mass is 210 g/mol. The molecule has 3 atom stereocenters. The van der Waals surface area contributed by atoms with Gasteiger partial charge in [0.05, 0.1) is 0 Å². The lowest BCUT2D eigenvalue weighted by Gasteiger charge is -2.36. The highest BCUT2D eigenvalue weighted by atomic mass is 14.5. The van der Waals surface area contributed by atoms with Gasteiger partial charge >= 0.3 is 0 Å². The molecule has 1 fully saturated rings. The van der Waals surface area contributed by atoms with Crippen molar-refractivity contribution >= 4 is 0 Å². The van der Waals surface area contributed by atoms with E-state index in [2.05, 4.69) is 41.5 Å². The summed E-state index contributed by atoms with van der Waals surface area (Å²) in [6.45, 7) is 14.5. The van der Waals surface area contributed by atoms with Crippen LogP contribution in [0.2, 0.25) is 0 Å². The van der Waals surface area contributed by atoms with Crippen LogP contribution in [-0.2, 0) is 0 Å². The van der Waals surface area contributed by atoms with Crippen LogP contribution in [0, 0.1) is 29.1 Å². The second kappa shape index (κ2) is 4.89. The van der Waals surface area contributed by atoms with Crippen molar-refractivity contribution in [2.45, 2.75) is 67.2 Å².